The number of piperidine rings is 1. The van der Waals surface area contributed by atoms with Crippen molar-refractivity contribution in [3.05, 3.63) is 17.5 Å². The highest BCUT2D eigenvalue weighted by Gasteiger charge is 2.38. The number of aryl methyl sites for hydroxylation is 1. The summed E-state index contributed by atoms with van der Waals surface area (Å²) in [5.74, 6) is 0.711. The Balaban J connectivity index is 1.62. The molecule has 0 bridgehead atoms. The van der Waals surface area contributed by atoms with Gasteiger partial charge in [0.25, 0.3) is 5.91 Å². The van der Waals surface area contributed by atoms with E-state index in [9.17, 15) is 4.79 Å². The molecule has 3 rings (SSSR count). The van der Waals surface area contributed by atoms with E-state index in [4.69, 9.17) is 0 Å². The Morgan fingerprint density at radius 3 is 2.71 bits per heavy atom. The van der Waals surface area contributed by atoms with Crippen molar-refractivity contribution in [2.75, 3.05) is 19.6 Å². The highest BCUT2D eigenvalue weighted by Crippen LogP contribution is 2.25. The molecular weight excluding hydrogens is 300 g/mol. The summed E-state index contributed by atoms with van der Waals surface area (Å²) in [6.07, 6.45) is 4.88. The molecule has 1 aromatic heterocycles. The Hall–Kier alpha value is -1.36. The minimum absolute atomic E-state index is 0.153. The van der Waals surface area contributed by atoms with E-state index >= 15 is 0 Å². The van der Waals surface area contributed by atoms with Gasteiger partial charge < -0.3 is 4.90 Å². The molecule has 0 N–H and O–H groups in total. The van der Waals surface area contributed by atoms with Crippen LogP contribution in [0, 0.1) is 5.92 Å². The fraction of sp³-hybridized carbons (Fsp3) is 0.789. The van der Waals surface area contributed by atoms with Crippen LogP contribution in [0.1, 0.15) is 63.1 Å². The van der Waals surface area contributed by atoms with E-state index in [2.05, 4.69) is 37.7 Å². The lowest BCUT2D eigenvalue weighted by Crippen LogP contribution is -2.63. The summed E-state index contributed by atoms with van der Waals surface area (Å²) < 4.78 is 1.87. The first kappa shape index (κ1) is 17.5. The highest BCUT2D eigenvalue weighted by atomic mass is 16.2. The number of hydrogen-bond donors (Lipinski definition) is 0. The molecule has 5 nitrogen and oxygen atoms in total. The summed E-state index contributed by atoms with van der Waals surface area (Å²) in [7, 11) is 0. The van der Waals surface area contributed by atoms with Crippen LogP contribution in [-0.2, 0) is 13.0 Å². The molecule has 0 radical (unpaired) electrons. The van der Waals surface area contributed by atoms with Crippen molar-refractivity contribution in [3.8, 4) is 0 Å². The standard InChI is InChI=1S/C19H32N4O/c1-5-23-18(11-16(20-23)10-14(2)3)19(24)21-12-17(13-21)22-9-7-6-8-15(22)4/h11,14-15,17H,5-10,12-13H2,1-4H3/t15-/m0/s1. The van der Waals surface area contributed by atoms with Gasteiger partial charge in [-0.05, 0) is 51.6 Å². The first-order valence-corrected chi connectivity index (χ1v) is 9.61. The maximum Gasteiger partial charge on any atom is 0.272 e. The topological polar surface area (TPSA) is 41.4 Å². The van der Waals surface area contributed by atoms with Crippen LogP contribution in [-0.4, -0.2) is 57.2 Å². The lowest BCUT2D eigenvalue weighted by Gasteiger charge is -2.49. The Morgan fingerprint density at radius 1 is 1.33 bits per heavy atom. The van der Waals surface area contributed by atoms with Gasteiger partial charge in [-0.2, -0.15) is 5.10 Å². The van der Waals surface area contributed by atoms with E-state index in [-0.39, 0.29) is 5.91 Å². The van der Waals surface area contributed by atoms with Crippen LogP contribution < -0.4 is 0 Å². The summed E-state index contributed by atoms with van der Waals surface area (Å²) in [6, 6.07) is 3.22. The van der Waals surface area contributed by atoms with Crippen molar-refractivity contribution in [1.82, 2.24) is 19.6 Å². The van der Waals surface area contributed by atoms with E-state index in [1.54, 1.807) is 0 Å². The average Bonchev–Trinajstić information content (AvgIpc) is 2.89. The highest BCUT2D eigenvalue weighted by molar-refractivity contribution is 5.93. The number of nitrogens with zero attached hydrogens (tertiary/aromatic N) is 4. The molecule has 5 heteroatoms. The van der Waals surface area contributed by atoms with Crippen LogP contribution in [0.15, 0.2) is 6.07 Å². The lowest BCUT2D eigenvalue weighted by atomic mass is 9.97. The van der Waals surface area contributed by atoms with E-state index < -0.39 is 0 Å². The van der Waals surface area contributed by atoms with Crippen LogP contribution in [0.2, 0.25) is 0 Å². The Kier molecular flexibility index (Phi) is 5.28. The molecule has 2 fully saturated rings. The number of amides is 1. The Bertz CT molecular complexity index is 574. The monoisotopic (exact) mass is 332 g/mol. The van der Waals surface area contributed by atoms with Crippen molar-refractivity contribution in [2.24, 2.45) is 5.92 Å². The largest absolute Gasteiger partial charge is 0.334 e. The summed E-state index contributed by atoms with van der Waals surface area (Å²) >= 11 is 0. The summed E-state index contributed by atoms with van der Waals surface area (Å²) in [5, 5.41) is 4.61. The van der Waals surface area contributed by atoms with Gasteiger partial charge in [0, 0.05) is 31.7 Å². The van der Waals surface area contributed by atoms with E-state index in [0.29, 0.717) is 18.0 Å². The van der Waals surface area contributed by atoms with Crippen LogP contribution in [0.3, 0.4) is 0 Å². The van der Waals surface area contributed by atoms with Crippen LogP contribution >= 0.6 is 0 Å². The van der Waals surface area contributed by atoms with Gasteiger partial charge in [-0.25, -0.2) is 0 Å². The second kappa shape index (κ2) is 7.26. The van der Waals surface area contributed by atoms with Crippen LogP contribution in [0.4, 0.5) is 0 Å². The minimum atomic E-state index is 0.153. The molecule has 0 unspecified atom stereocenters. The first-order chi connectivity index (χ1) is 11.5. The average molecular weight is 332 g/mol. The predicted molar refractivity (Wildman–Crippen MR) is 96.2 cm³/mol. The number of aromatic nitrogens is 2. The third kappa shape index (κ3) is 3.51. The molecule has 1 aromatic rings. The molecule has 2 aliphatic rings. The number of hydrogen-bond acceptors (Lipinski definition) is 3. The molecule has 3 heterocycles. The number of likely N-dealkylation sites (tertiary alicyclic amines) is 2. The van der Waals surface area contributed by atoms with Crippen molar-refractivity contribution in [1.29, 1.82) is 0 Å². The zero-order valence-electron chi connectivity index (χ0n) is 15.7. The van der Waals surface area contributed by atoms with Crippen molar-refractivity contribution in [3.63, 3.8) is 0 Å². The summed E-state index contributed by atoms with van der Waals surface area (Å²) in [4.78, 5) is 17.5. The quantitative estimate of drug-likeness (QED) is 0.832. The van der Waals surface area contributed by atoms with Gasteiger partial charge >= 0.3 is 0 Å². The molecule has 0 spiro atoms. The van der Waals surface area contributed by atoms with Gasteiger partial charge in [-0.15, -0.1) is 0 Å². The van der Waals surface area contributed by atoms with Crippen molar-refractivity contribution >= 4 is 5.91 Å². The van der Waals surface area contributed by atoms with Crippen molar-refractivity contribution < 1.29 is 4.79 Å². The molecule has 0 aliphatic carbocycles. The summed E-state index contributed by atoms with van der Waals surface area (Å²) in [5.41, 5.74) is 1.80. The van der Waals surface area contributed by atoms with Gasteiger partial charge in [0.2, 0.25) is 0 Å². The molecule has 1 atom stereocenters. The lowest BCUT2D eigenvalue weighted by molar-refractivity contribution is 0.00149. The van der Waals surface area contributed by atoms with Crippen LogP contribution in [0.5, 0.6) is 0 Å². The maximum absolute atomic E-state index is 12.9. The molecule has 2 saturated heterocycles. The SMILES string of the molecule is CCn1nc(CC(C)C)cc1C(=O)N1CC(N2CCCC[C@@H]2C)C1. The number of rotatable bonds is 5. The van der Waals surface area contributed by atoms with Gasteiger partial charge in [0.05, 0.1) is 5.69 Å². The number of carbonyl (C=O) groups is 1. The smallest absolute Gasteiger partial charge is 0.272 e. The van der Waals surface area contributed by atoms with E-state index in [0.717, 1.165) is 37.4 Å². The molecule has 134 valence electrons. The van der Waals surface area contributed by atoms with Crippen molar-refractivity contribution in [2.45, 2.75) is 72.0 Å². The summed E-state index contributed by atoms with van der Waals surface area (Å²) in [6.45, 7) is 12.4. The normalized spacial score (nSPS) is 22.9. The zero-order chi connectivity index (χ0) is 17.3. The maximum atomic E-state index is 12.9. The minimum Gasteiger partial charge on any atom is -0.334 e. The fourth-order valence-electron chi connectivity index (χ4n) is 4.06. The number of carbonyl (C=O) groups excluding carboxylic acids is 1. The van der Waals surface area contributed by atoms with Gasteiger partial charge in [-0.3, -0.25) is 14.4 Å². The van der Waals surface area contributed by atoms with Gasteiger partial charge in [0.1, 0.15) is 5.69 Å². The van der Waals surface area contributed by atoms with Gasteiger partial charge in [0.15, 0.2) is 0 Å². The molecule has 1 amide bonds. The Labute approximate surface area is 146 Å². The van der Waals surface area contributed by atoms with E-state index in [1.807, 2.05) is 15.6 Å². The fourth-order valence-corrected chi connectivity index (χ4v) is 4.06. The van der Waals surface area contributed by atoms with Crippen LogP contribution in [0.25, 0.3) is 0 Å². The first-order valence-electron chi connectivity index (χ1n) is 9.61. The molecule has 0 aromatic carbocycles. The molecular formula is C19H32N4O. The molecule has 0 saturated carbocycles. The second-order valence-electron chi connectivity index (χ2n) is 7.88. The third-order valence-corrected chi connectivity index (χ3v) is 5.44. The predicted octanol–water partition coefficient (Wildman–Crippen LogP) is 2.80. The second-order valence-corrected chi connectivity index (χ2v) is 7.88. The van der Waals surface area contributed by atoms with Gasteiger partial charge in [-0.1, -0.05) is 20.3 Å². The Morgan fingerprint density at radius 2 is 2.08 bits per heavy atom. The van der Waals surface area contributed by atoms with E-state index in [1.165, 1.54) is 25.8 Å². The molecule has 2 aliphatic heterocycles. The molecule has 24 heavy (non-hydrogen) atoms. The third-order valence-electron chi connectivity index (χ3n) is 5.44. The zero-order valence-corrected chi connectivity index (χ0v) is 15.7.